The van der Waals surface area contributed by atoms with Crippen LogP contribution in [0.1, 0.15) is 78.5 Å². The highest BCUT2D eigenvalue weighted by molar-refractivity contribution is 5.99. The molecule has 2 aromatic rings. The summed E-state index contributed by atoms with van der Waals surface area (Å²) in [6.07, 6.45) is -3.15. The molecule has 0 saturated carbocycles. The van der Waals surface area contributed by atoms with Crippen LogP contribution in [-0.2, 0) is 70.4 Å². The van der Waals surface area contributed by atoms with Gasteiger partial charge in [0.2, 0.25) is 53.2 Å². The molecule has 0 spiro atoms. The number of carbonyl (C=O) groups excluding carboxylic acids is 9. The molecule has 0 aliphatic rings. The van der Waals surface area contributed by atoms with Crippen molar-refractivity contribution in [2.75, 3.05) is 0 Å². The van der Waals surface area contributed by atoms with E-state index in [1.165, 1.54) is 71.4 Å². The van der Waals surface area contributed by atoms with Gasteiger partial charge in [-0.3, -0.25) is 52.7 Å². The average Bonchev–Trinajstić information content (AvgIpc) is 3.82. The standard InChI is InChI=1S/C45H66N12O17/c1-19(2)34(43(71)54-28(14-24-17-48-18-49-24)40(68)52-29(15-31(47)60)41(69)56-35(20(3)4)45(73)74)55-38(66)26(11-12-32(61)62)50-44(72)36(22(6)58)57-42(70)30(16-33(63)64)53-39(67)27(51-37(65)21(5)46)13-23-7-9-25(59)10-8-23/h7-10,17-22,26-30,34-36,58-59H,11-16,46H2,1-6H3,(H2,47,60)(H,48,49)(H,50,72)(H,51,65)(H,52,68)(H,53,67)(H,54,71)(H,55,66)(H,56,69)(H,57,70)(H,61,62)(H,63,64)(H,73,74)/t21-,22+,26-,27-,28-,29-,30-,34-,35-,36-/m0/s1. The minimum absolute atomic E-state index is 0.113. The van der Waals surface area contributed by atoms with Crippen molar-refractivity contribution < 1.29 is 83.1 Å². The van der Waals surface area contributed by atoms with Crippen LogP contribution in [-0.4, -0.2) is 167 Å². The fraction of sp³-hybridized carbons (Fsp3) is 0.533. The third kappa shape index (κ3) is 20.9. The van der Waals surface area contributed by atoms with Gasteiger partial charge in [0.15, 0.2) is 0 Å². The summed E-state index contributed by atoms with van der Waals surface area (Å²) in [5.41, 5.74) is 11.7. The molecule has 0 saturated heterocycles. The number of hydrogen-bond donors (Lipinski definition) is 16. The maximum atomic E-state index is 14.0. The average molecular weight is 1050 g/mol. The molecule has 0 aliphatic carbocycles. The number of benzene rings is 1. The summed E-state index contributed by atoms with van der Waals surface area (Å²) in [4.78, 5) is 163. The molecule has 18 N–H and O–H groups in total. The molecular formula is C45H66N12O17. The molecule has 0 radical (unpaired) electrons. The molecule has 29 heteroatoms. The Kier molecular flexibility index (Phi) is 24.5. The van der Waals surface area contributed by atoms with Crippen molar-refractivity contribution in [2.24, 2.45) is 23.3 Å². The van der Waals surface area contributed by atoms with Crippen LogP contribution in [0.5, 0.6) is 5.75 Å². The number of imidazole rings is 1. The Labute approximate surface area is 423 Å². The monoisotopic (exact) mass is 1050 g/mol. The lowest BCUT2D eigenvalue weighted by molar-refractivity contribution is -0.144. The molecule has 74 heavy (non-hydrogen) atoms. The summed E-state index contributed by atoms with van der Waals surface area (Å²) in [6, 6.07) is -9.28. The number of phenolic OH excluding ortho intramolecular Hbond substituents is 1. The number of nitrogens with zero attached hydrogens (tertiary/aromatic N) is 1. The topological polar surface area (TPSA) is 483 Å². The summed E-state index contributed by atoms with van der Waals surface area (Å²) in [6.45, 7) is 8.27. The van der Waals surface area contributed by atoms with E-state index in [1.807, 2.05) is 0 Å². The molecule has 2 rings (SSSR count). The number of phenols is 1. The smallest absolute Gasteiger partial charge is 0.326 e. The molecule has 1 heterocycles. The summed E-state index contributed by atoms with van der Waals surface area (Å²) in [5, 5.41) is 67.4. The number of H-pyrrole nitrogens is 1. The van der Waals surface area contributed by atoms with Gasteiger partial charge in [0.25, 0.3) is 0 Å². The molecule has 10 atom stereocenters. The van der Waals surface area contributed by atoms with Crippen LogP contribution in [0.3, 0.4) is 0 Å². The number of aromatic amines is 1. The third-order valence-corrected chi connectivity index (χ3v) is 10.9. The number of aliphatic hydroxyl groups is 1. The van der Waals surface area contributed by atoms with E-state index in [0.29, 0.717) is 5.56 Å². The van der Waals surface area contributed by atoms with Gasteiger partial charge in [-0.25, -0.2) is 9.78 Å². The molecule has 1 aromatic carbocycles. The van der Waals surface area contributed by atoms with E-state index >= 15 is 0 Å². The second-order valence-electron chi connectivity index (χ2n) is 18.0. The molecule has 0 bridgehead atoms. The van der Waals surface area contributed by atoms with Crippen LogP contribution in [0.2, 0.25) is 0 Å². The van der Waals surface area contributed by atoms with E-state index in [9.17, 15) is 83.1 Å². The van der Waals surface area contributed by atoms with Gasteiger partial charge in [0, 0.05) is 31.2 Å². The number of aromatic hydroxyl groups is 1. The number of primary amides is 1. The fourth-order valence-electron chi connectivity index (χ4n) is 6.82. The van der Waals surface area contributed by atoms with Gasteiger partial charge < -0.3 is 84.5 Å². The van der Waals surface area contributed by atoms with E-state index < -0.39 is 169 Å². The number of carbonyl (C=O) groups is 12. The minimum Gasteiger partial charge on any atom is -0.508 e. The van der Waals surface area contributed by atoms with E-state index in [4.69, 9.17) is 11.5 Å². The summed E-state index contributed by atoms with van der Waals surface area (Å²) in [7, 11) is 0. The number of aliphatic carboxylic acids is 3. The van der Waals surface area contributed by atoms with Crippen LogP contribution in [0.15, 0.2) is 36.8 Å². The Morgan fingerprint density at radius 3 is 1.46 bits per heavy atom. The second kappa shape index (κ2) is 29.3. The summed E-state index contributed by atoms with van der Waals surface area (Å²) in [5.74, 6) is -16.0. The first-order valence-electron chi connectivity index (χ1n) is 23.1. The Morgan fingerprint density at radius 1 is 0.554 bits per heavy atom. The van der Waals surface area contributed by atoms with E-state index in [2.05, 4.69) is 52.5 Å². The SMILES string of the molecule is CC(C)[C@H](NC(=O)[C@H](CC(N)=O)NC(=O)[C@H](Cc1cnc[nH]1)NC(=O)[C@@H](NC(=O)[C@H](CCC(=O)O)NC(=O)[C@@H](NC(=O)[C@H](CC(=O)O)NC(=O)[C@H](Cc1ccc(O)cc1)NC(=O)[C@H](C)N)[C@@H](C)O)C(C)C)C(=O)O. The molecule has 29 nitrogen and oxygen atoms in total. The third-order valence-electron chi connectivity index (χ3n) is 10.9. The number of nitrogens with one attached hydrogen (secondary N) is 9. The van der Waals surface area contributed by atoms with Crippen molar-refractivity contribution in [3.8, 4) is 5.75 Å². The van der Waals surface area contributed by atoms with Crippen molar-refractivity contribution in [3.05, 3.63) is 48.0 Å². The molecule has 9 amide bonds. The maximum absolute atomic E-state index is 14.0. The maximum Gasteiger partial charge on any atom is 0.326 e. The first-order valence-corrected chi connectivity index (χ1v) is 23.1. The van der Waals surface area contributed by atoms with Crippen LogP contribution >= 0.6 is 0 Å². The Morgan fingerprint density at radius 2 is 1.00 bits per heavy atom. The predicted octanol–water partition coefficient (Wildman–Crippen LogP) is -4.88. The summed E-state index contributed by atoms with van der Waals surface area (Å²) < 4.78 is 0. The first kappa shape index (κ1) is 61.9. The highest BCUT2D eigenvalue weighted by atomic mass is 16.4. The van der Waals surface area contributed by atoms with Gasteiger partial charge in [-0.1, -0.05) is 39.8 Å². The number of nitrogens with two attached hydrogens (primary N) is 2. The van der Waals surface area contributed by atoms with Crippen molar-refractivity contribution in [3.63, 3.8) is 0 Å². The van der Waals surface area contributed by atoms with E-state index in [-0.39, 0.29) is 24.3 Å². The Hall–Kier alpha value is -8.21. The zero-order valence-corrected chi connectivity index (χ0v) is 41.4. The van der Waals surface area contributed by atoms with Gasteiger partial charge in [-0.15, -0.1) is 0 Å². The van der Waals surface area contributed by atoms with Crippen molar-refractivity contribution in [1.29, 1.82) is 0 Å². The van der Waals surface area contributed by atoms with E-state index in [0.717, 1.165) is 6.92 Å². The van der Waals surface area contributed by atoms with Crippen molar-refractivity contribution >= 4 is 71.1 Å². The van der Waals surface area contributed by atoms with Crippen LogP contribution in [0.4, 0.5) is 0 Å². The van der Waals surface area contributed by atoms with E-state index in [1.54, 1.807) is 0 Å². The van der Waals surface area contributed by atoms with Crippen molar-refractivity contribution in [1.82, 2.24) is 52.5 Å². The number of aliphatic hydroxyl groups excluding tert-OH is 1. The number of hydrogen-bond acceptors (Lipinski definition) is 16. The molecule has 0 unspecified atom stereocenters. The highest BCUT2D eigenvalue weighted by Crippen LogP contribution is 2.13. The van der Waals surface area contributed by atoms with Gasteiger partial charge in [0.05, 0.1) is 31.3 Å². The predicted molar refractivity (Wildman–Crippen MR) is 255 cm³/mol. The normalized spacial score (nSPS) is 15.2. The molecule has 1 aromatic heterocycles. The summed E-state index contributed by atoms with van der Waals surface area (Å²) >= 11 is 0. The largest absolute Gasteiger partial charge is 0.508 e. The zero-order valence-electron chi connectivity index (χ0n) is 41.4. The highest BCUT2D eigenvalue weighted by Gasteiger charge is 2.38. The molecular weight excluding hydrogens is 981 g/mol. The minimum atomic E-state index is -2.02. The Balaban J connectivity index is 2.41. The van der Waals surface area contributed by atoms with Crippen molar-refractivity contribution in [2.45, 2.75) is 141 Å². The molecule has 408 valence electrons. The number of rotatable bonds is 31. The number of amides is 9. The quantitative estimate of drug-likeness (QED) is 0.0337. The van der Waals surface area contributed by atoms with Gasteiger partial charge in [-0.2, -0.15) is 0 Å². The number of carboxylic acids is 3. The zero-order chi connectivity index (χ0) is 56.1. The first-order chi connectivity index (χ1) is 34.5. The van der Waals surface area contributed by atoms with Gasteiger partial charge >= 0.3 is 17.9 Å². The number of aromatic nitrogens is 2. The fourth-order valence-corrected chi connectivity index (χ4v) is 6.82. The lowest BCUT2D eigenvalue weighted by atomic mass is 10.0. The molecule has 0 fully saturated rings. The molecule has 0 aliphatic heterocycles. The van der Waals surface area contributed by atoms with Gasteiger partial charge in [-0.05, 0) is 49.8 Å². The number of carboxylic acid groups (broad SMARTS) is 3. The second-order valence-corrected chi connectivity index (χ2v) is 18.0. The van der Waals surface area contributed by atoms with Gasteiger partial charge in [0.1, 0.15) is 54.1 Å². The van der Waals surface area contributed by atoms with Crippen LogP contribution in [0, 0.1) is 11.8 Å². The lowest BCUT2D eigenvalue weighted by Gasteiger charge is -2.29. The Bertz CT molecular complexity index is 2330. The van der Waals surface area contributed by atoms with Crippen LogP contribution in [0.25, 0.3) is 0 Å². The lowest BCUT2D eigenvalue weighted by Crippen LogP contribution is -2.62. The van der Waals surface area contributed by atoms with Crippen LogP contribution < -0.4 is 54.0 Å².